The van der Waals surface area contributed by atoms with Gasteiger partial charge in [-0.15, -0.1) is 0 Å². The van der Waals surface area contributed by atoms with Crippen LogP contribution in [0.15, 0.2) is 45.6 Å². The molecule has 0 spiro atoms. The summed E-state index contributed by atoms with van der Waals surface area (Å²) in [6.45, 7) is 0.102. The van der Waals surface area contributed by atoms with Gasteiger partial charge in [0.15, 0.2) is 11.3 Å². The van der Waals surface area contributed by atoms with Crippen molar-refractivity contribution in [1.82, 2.24) is 4.57 Å². The number of oxazole rings is 1. The normalized spacial score (nSPS) is 11.0. The molecule has 3 aromatic rings. The van der Waals surface area contributed by atoms with Crippen molar-refractivity contribution in [2.45, 2.75) is 13.0 Å². The predicted molar refractivity (Wildman–Crippen MR) is 92.2 cm³/mol. The number of aromatic nitrogens is 1. The van der Waals surface area contributed by atoms with Gasteiger partial charge in [-0.05, 0) is 24.3 Å². The van der Waals surface area contributed by atoms with Crippen LogP contribution in [0.3, 0.4) is 0 Å². The molecule has 0 amide bonds. The van der Waals surface area contributed by atoms with E-state index in [2.05, 4.69) is 0 Å². The minimum absolute atomic E-state index is 0.0417. The quantitative estimate of drug-likeness (QED) is 0.487. The highest BCUT2D eigenvalue weighted by Gasteiger charge is 2.14. The van der Waals surface area contributed by atoms with Gasteiger partial charge in [-0.2, -0.15) is 0 Å². The Hall–Kier alpha value is -1.95. The highest BCUT2D eigenvalue weighted by Crippen LogP contribution is 2.31. The Morgan fingerprint density at radius 1 is 1.17 bits per heavy atom. The number of benzene rings is 2. The lowest BCUT2D eigenvalue weighted by atomic mass is 10.3. The largest absolute Gasteiger partial charge is 0.425 e. The molecule has 0 N–H and O–H groups in total. The van der Waals surface area contributed by atoms with Crippen LogP contribution in [0.25, 0.3) is 11.1 Å². The van der Waals surface area contributed by atoms with Crippen molar-refractivity contribution in [2.75, 3.05) is 0 Å². The Labute approximate surface area is 151 Å². The molecule has 0 aliphatic heterocycles. The summed E-state index contributed by atoms with van der Waals surface area (Å²) in [6, 6.07) is 9.58. The fourth-order valence-corrected chi connectivity index (χ4v) is 2.68. The van der Waals surface area contributed by atoms with Gasteiger partial charge in [0.25, 0.3) is 0 Å². The van der Waals surface area contributed by atoms with Crippen LogP contribution in [0.1, 0.15) is 6.42 Å². The Morgan fingerprint density at radius 3 is 2.75 bits per heavy atom. The molecule has 5 nitrogen and oxygen atoms in total. The van der Waals surface area contributed by atoms with E-state index in [-0.39, 0.29) is 28.8 Å². The number of rotatable bonds is 4. The van der Waals surface area contributed by atoms with Crippen molar-refractivity contribution in [3.8, 4) is 5.75 Å². The van der Waals surface area contributed by atoms with Crippen molar-refractivity contribution in [2.24, 2.45) is 0 Å². The van der Waals surface area contributed by atoms with Crippen molar-refractivity contribution in [3.05, 3.63) is 62.0 Å². The standard InChI is InChI=1S/C16H10Cl3NO4/c17-9-4-5-11-13(8-9)24-16(22)20(11)7-6-14(21)23-12-3-1-2-10(18)15(12)19/h1-5,8H,6-7H2. The van der Waals surface area contributed by atoms with Crippen LogP contribution < -0.4 is 10.5 Å². The summed E-state index contributed by atoms with van der Waals surface area (Å²) in [5.41, 5.74) is 0.914. The van der Waals surface area contributed by atoms with E-state index in [1.54, 1.807) is 30.3 Å². The smallest absolute Gasteiger partial charge is 0.419 e. The molecule has 1 heterocycles. The van der Waals surface area contributed by atoms with E-state index in [0.717, 1.165) is 0 Å². The first kappa shape index (κ1) is 16.9. The Morgan fingerprint density at radius 2 is 1.96 bits per heavy atom. The minimum atomic E-state index is -0.569. The number of esters is 1. The molecule has 0 saturated carbocycles. The third-order valence-corrected chi connectivity index (χ3v) is 4.35. The van der Waals surface area contributed by atoms with E-state index >= 15 is 0 Å². The Kier molecular flexibility index (Phi) is 4.85. The molecule has 3 rings (SSSR count). The highest BCUT2D eigenvalue weighted by molar-refractivity contribution is 6.43. The van der Waals surface area contributed by atoms with Gasteiger partial charge in [0.1, 0.15) is 5.02 Å². The summed E-state index contributed by atoms with van der Waals surface area (Å²) in [6.07, 6.45) is -0.0417. The molecule has 0 bridgehead atoms. The summed E-state index contributed by atoms with van der Waals surface area (Å²) >= 11 is 17.7. The van der Waals surface area contributed by atoms with Gasteiger partial charge in [-0.1, -0.05) is 40.9 Å². The van der Waals surface area contributed by atoms with Crippen LogP contribution >= 0.6 is 34.8 Å². The zero-order valence-corrected chi connectivity index (χ0v) is 14.4. The van der Waals surface area contributed by atoms with E-state index in [1.165, 1.54) is 10.6 Å². The van der Waals surface area contributed by atoms with Crippen LogP contribution in [-0.2, 0) is 11.3 Å². The van der Waals surface area contributed by atoms with Crippen molar-refractivity contribution in [1.29, 1.82) is 0 Å². The van der Waals surface area contributed by atoms with Gasteiger partial charge in [0.2, 0.25) is 0 Å². The molecule has 0 atom stereocenters. The monoisotopic (exact) mass is 385 g/mol. The molecule has 124 valence electrons. The van der Waals surface area contributed by atoms with Crippen molar-refractivity contribution in [3.63, 3.8) is 0 Å². The molecule has 0 unspecified atom stereocenters. The fraction of sp³-hybridized carbons (Fsp3) is 0.125. The number of halogens is 3. The zero-order valence-electron chi connectivity index (χ0n) is 12.1. The van der Waals surface area contributed by atoms with Crippen LogP contribution in [0.4, 0.5) is 0 Å². The number of fused-ring (bicyclic) bond motifs is 1. The molecule has 0 fully saturated rings. The van der Waals surface area contributed by atoms with Crippen LogP contribution in [-0.4, -0.2) is 10.5 Å². The maximum absolute atomic E-state index is 12.0. The average molecular weight is 387 g/mol. The lowest BCUT2D eigenvalue weighted by Gasteiger charge is -2.07. The van der Waals surface area contributed by atoms with Gasteiger partial charge in [0.05, 0.1) is 17.0 Å². The van der Waals surface area contributed by atoms with Gasteiger partial charge in [-0.3, -0.25) is 9.36 Å². The van der Waals surface area contributed by atoms with Crippen molar-refractivity contribution >= 4 is 51.9 Å². The third kappa shape index (κ3) is 3.43. The Bertz CT molecular complexity index is 977. The first-order chi connectivity index (χ1) is 11.5. The number of hydrogen-bond donors (Lipinski definition) is 0. The number of carbonyl (C=O) groups excluding carboxylic acids is 1. The number of ether oxygens (including phenoxy) is 1. The highest BCUT2D eigenvalue weighted by atomic mass is 35.5. The molecule has 1 aromatic heterocycles. The first-order valence-corrected chi connectivity index (χ1v) is 8.02. The molecule has 0 saturated heterocycles. The summed E-state index contributed by atoms with van der Waals surface area (Å²) in [5, 5.41) is 0.905. The van der Waals surface area contributed by atoms with E-state index in [9.17, 15) is 9.59 Å². The maximum Gasteiger partial charge on any atom is 0.419 e. The second kappa shape index (κ2) is 6.89. The van der Waals surface area contributed by atoms with Gasteiger partial charge in [-0.25, -0.2) is 4.79 Å². The maximum atomic E-state index is 12.0. The molecule has 0 radical (unpaired) electrons. The summed E-state index contributed by atoms with van der Waals surface area (Å²) in [5.74, 6) is -0.944. The third-order valence-electron chi connectivity index (χ3n) is 3.31. The predicted octanol–water partition coefficient (Wildman–Crippen LogP) is 4.55. The molecule has 8 heteroatoms. The molecule has 0 aliphatic carbocycles. The van der Waals surface area contributed by atoms with E-state index in [0.29, 0.717) is 16.1 Å². The Balaban J connectivity index is 1.74. The van der Waals surface area contributed by atoms with Crippen molar-refractivity contribution < 1.29 is 13.9 Å². The molecular weight excluding hydrogens is 377 g/mol. The summed E-state index contributed by atoms with van der Waals surface area (Å²) in [4.78, 5) is 23.9. The zero-order chi connectivity index (χ0) is 17.3. The van der Waals surface area contributed by atoms with E-state index in [1.807, 2.05) is 0 Å². The van der Waals surface area contributed by atoms with E-state index < -0.39 is 11.7 Å². The van der Waals surface area contributed by atoms with Gasteiger partial charge >= 0.3 is 11.7 Å². The molecular formula is C16H10Cl3NO4. The van der Waals surface area contributed by atoms with Crippen LogP contribution in [0.2, 0.25) is 15.1 Å². The van der Waals surface area contributed by atoms with Gasteiger partial charge < -0.3 is 9.15 Å². The summed E-state index contributed by atoms with van der Waals surface area (Å²) in [7, 11) is 0. The fourth-order valence-electron chi connectivity index (χ4n) is 2.19. The number of nitrogens with zero attached hydrogens (tertiary/aromatic N) is 1. The lowest BCUT2D eigenvalue weighted by molar-refractivity contribution is -0.134. The molecule has 0 aliphatic rings. The SMILES string of the molecule is O=C(CCn1c(=O)oc2cc(Cl)ccc21)Oc1cccc(Cl)c1Cl. The second-order valence-corrected chi connectivity index (χ2v) is 6.13. The van der Waals surface area contributed by atoms with Crippen LogP contribution in [0.5, 0.6) is 5.75 Å². The number of aryl methyl sites for hydroxylation is 1. The number of carbonyl (C=O) groups is 1. The molecule has 2 aromatic carbocycles. The average Bonchev–Trinajstić information content (AvgIpc) is 2.84. The first-order valence-electron chi connectivity index (χ1n) is 6.89. The topological polar surface area (TPSA) is 61.4 Å². The van der Waals surface area contributed by atoms with Crippen LogP contribution in [0, 0.1) is 0 Å². The molecule has 24 heavy (non-hydrogen) atoms. The van der Waals surface area contributed by atoms with Gasteiger partial charge in [0, 0.05) is 17.6 Å². The minimum Gasteiger partial charge on any atom is -0.425 e. The van der Waals surface area contributed by atoms with E-state index in [4.69, 9.17) is 44.0 Å². The summed E-state index contributed by atoms with van der Waals surface area (Å²) < 4.78 is 11.6. The second-order valence-electron chi connectivity index (χ2n) is 4.91. The lowest BCUT2D eigenvalue weighted by Crippen LogP contribution is -2.18. The number of hydrogen-bond acceptors (Lipinski definition) is 4.